The van der Waals surface area contributed by atoms with Gasteiger partial charge in [0.15, 0.2) is 0 Å². The van der Waals surface area contributed by atoms with E-state index in [0.717, 1.165) is 118 Å². The second-order valence-electron chi connectivity index (χ2n) is 33.5. The third-order valence-electron chi connectivity index (χ3n) is 30.6. The van der Waals surface area contributed by atoms with Gasteiger partial charge in [-0.3, -0.25) is 0 Å². The minimum Gasteiger partial charge on any atom is -0.454 e. The van der Waals surface area contributed by atoms with E-state index in [1.165, 1.54) is 53.5 Å². The Morgan fingerprint density at radius 3 is 2.36 bits per heavy atom. The van der Waals surface area contributed by atoms with E-state index in [0.29, 0.717) is 56.8 Å². The Hall–Kier alpha value is -4.18. The molecule has 10 heteroatoms. The molecule has 22 atom stereocenters. The molecule has 22 unspecified atom stereocenters. The third kappa shape index (κ3) is 7.88. The highest BCUT2D eigenvalue weighted by Crippen LogP contribution is 2.80. The lowest BCUT2D eigenvalue weighted by atomic mass is 9.32. The molecule has 4 spiro atoms. The highest BCUT2D eigenvalue weighted by Gasteiger charge is 2.87. The fourth-order valence-electron chi connectivity index (χ4n) is 27.0. The summed E-state index contributed by atoms with van der Waals surface area (Å²) in [6.07, 6.45) is 21.9. The summed E-state index contributed by atoms with van der Waals surface area (Å²) in [6.45, 7) is 2.23. The quantitative estimate of drug-likeness (QED) is 0.0739. The van der Waals surface area contributed by atoms with Crippen LogP contribution in [-0.2, 0) is 52.0 Å². The van der Waals surface area contributed by atoms with Crippen LogP contribution >= 0.6 is 0 Å². The van der Waals surface area contributed by atoms with Gasteiger partial charge < -0.3 is 45.5 Å². The number of benzene rings is 3. The summed E-state index contributed by atoms with van der Waals surface area (Å²) in [4.78, 5) is 30.1. The fraction of sp³-hybridized carbons (Fsp3) is 0.696. The normalized spacial score (nSPS) is 46.5. The first-order valence-corrected chi connectivity index (χ1v) is 36.0. The Morgan fingerprint density at radius 1 is 0.742 bits per heavy atom. The van der Waals surface area contributed by atoms with Crippen LogP contribution in [0, 0.1) is 105 Å². The summed E-state index contributed by atoms with van der Waals surface area (Å²) in [7, 11) is 1.97. The maximum absolute atomic E-state index is 15.7. The van der Waals surface area contributed by atoms with Crippen molar-refractivity contribution in [2.24, 2.45) is 92.7 Å². The zero-order valence-electron chi connectivity index (χ0n) is 53.1. The second kappa shape index (κ2) is 20.7. The first-order chi connectivity index (χ1) is 43.0. The number of hydrogen-bond donors (Lipinski definition) is 7. The molecule has 0 saturated heterocycles. The van der Waals surface area contributed by atoms with E-state index in [1.54, 1.807) is 6.08 Å². The second-order valence-corrected chi connectivity index (χ2v) is 33.5. The van der Waals surface area contributed by atoms with Crippen LogP contribution in [-0.4, -0.2) is 91.1 Å². The fourth-order valence-corrected chi connectivity index (χ4v) is 27.0. The van der Waals surface area contributed by atoms with Crippen molar-refractivity contribution >= 4 is 12.3 Å². The number of aliphatic hydroxyl groups excluding tert-OH is 3. The van der Waals surface area contributed by atoms with Crippen molar-refractivity contribution in [2.75, 3.05) is 7.05 Å². The molecule has 16 aliphatic carbocycles. The zero-order chi connectivity index (χ0) is 60.8. The maximum Gasteiger partial charge on any atom is 0.331 e. The summed E-state index contributed by atoms with van der Waals surface area (Å²) in [5, 5.41) is 88.7. The molecule has 10 saturated carbocycles. The SMILES string of the molecule is CNC1Cc2c(cccc2CO)C#CC23CC4CCc5c(cccc5C5(CCCC5)c5cccc(c5)CCC5CCC6(C5)CC5(C=O)C7CCC8(C2)C2C9=CC(=O)OC9C1CC2CC8(O)C7(O)C(O)C1CC(C(C)C2CCCC2)CCC(C6O)C15O)CC4C3. The summed E-state index contributed by atoms with van der Waals surface area (Å²) < 4.78 is 6.62. The molecule has 17 aliphatic rings. The van der Waals surface area contributed by atoms with Crippen molar-refractivity contribution in [2.45, 2.75) is 240 Å². The predicted octanol–water partition coefficient (Wildman–Crippen LogP) is 11.1. The number of nitrogens with one attached hydrogen (secondary N) is 1. The number of esters is 1. The molecule has 20 rings (SSSR count). The monoisotopic (exact) mass is 1210 g/mol. The summed E-state index contributed by atoms with van der Waals surface area (Å²) >= 11 is 0. The maximum atomic E-state index is 15.7. The molecular formula is C79H99NO9. The standard InChI is InChI=1S/C79H99NO9/c1-46(49-11-3-4-12-49)51-21-23-63-70(84)73-30-24-48(38-73)19-18-47-10-7-16-57(32-47)74(27-5-6-28-74)62-17-9-14-52-33-55-40-72(39-53(55)20-22-58(52)62)29-25-50-13-8-15-54(42-81)59(50)36-65(80-2)60-34-56-41-77(86)75(43-72,68(56)61-37-67(83)89-69(60)61)31-26-66-76(44-73,45-82)78(63,87)64(35-51)71(85)79(66,77)88/h7-10,13-17,32,37,45-46,48-49,51,53,55-56,60,63-66,68-71,80-81,84-88H,3-6,11-12,18-24,26-28,30-31,33-36,38-44H2,1-2H3. The van der Waals surface area contributed by atoms with Crippen molar-refractivity contribution in [3.8, 4) is 11.8 Å². The smallest absolute Gasteiger partial charge is 0.331 e. The van der Waals surface area contributed by atoms with Crippen LogP contribution in [0.3, 0.4) is 0 Å². The van der Waals surface area contributed by atoms with Gasteiger partial charge in [-0.2, -0.15) is 0 Å². The summed E-state index contributed by atoms with van der Waals surface area (Å²) in [5.74, 6) is 5.73. The van der Waals surface area contributed by atoms with Gasteiger partial charge in [-0.1, -0.05) is 112 Å². The molecule has 1 heterocycles. The van der Waals surface area contributed by atoms with Crippen molar-refractivity contribution < 1.29 is 45.0 Å². The average Bonchev–Trinajstić information content (AvgIpc) is 1.63. The Balaban J connectivity index is 0.907. The molecule has 0 aromatic heterocycles. The van der Waals surface area contributed by atoms with Crippen LogP contribution in [0.15, 0.2) is 72.3 Å². The molecule has 7 N–H and O–H groups in total. The third-order valence-corrected chi connectivity index (χ3v) is 30.6. The highest BCUT2D eigenvalue weighted by atomic mass is 16.5. The number of rotatable bonds is 5. The zero-order valence-corrected chi connectivity index (χ0v) is 53.1. The van der Waals surface area contributed by atoms with E-state index < -0.39 is 80.4 Å². The van der Waals surface area contributed by atoms with Gasteiger partial charge in [-0.05, 0) is 252 Å². The molecular weight excluding hydrogens is 1110 g/mol. The first-order valence-electron chi connectivity index (χ1n) is 36.0. The largest absolute Gasteiger partial charge is 0.454 e. The van der Waals surface area contributed by atoms with E-state index in [1.807, 2.05) is 19.2 Å². The van der Waals surface area contributed by atoms with Gasteiger partial charge in [0.2, 0.25) is 0 Å². The van der Waals surface area contributed by atoms with Gasteiger partial charge in [0.1, 0.15) is 23.6 Å². The lowest BCUT2D eigenvalue weighted by molar-refractivity contribution is -0.385. The van der Waals surface area contributed by atoms with Crippen LogP contribution < -0.4 is 5.32 Å². The minimum atomic E-state index is -2.28. The number of aliphatic hydroxyl groups is 6. The predicted molar refractivity (Wildman–Crippen MR) is 340 cm³/mol. The van der Waals surface area contributed by atoms with E-state index in [4.69, 9.17) is 4.74 Å². The molecule has 10 nitrogen and oxygen atoms in total. The first kappa shape index (κ1) is 58.6. The number of aldehydes is 1. The van der Waals surface area contributed by atoms with Crippen LogP contribution in [0.4, 0.5) is 0 Å². The lowest BCUT2D eigenvalue weighted by Gasteiger charge is -2.75. The average molecular weight is 1210 g/mol. The Labute approximate surface area is 528 Å². The summed E-state index contributed by atoms with van der Waals surface area (Å²) in [5.41, 5.74) is 0.501. The molecule has 3 aromatic rings. The topological polar surface area (TPSA) is 177 Å². The van der Waals surface area contributed by atoms with Crippen molar-refractivity contribution in [3.63, 3.8) is 0 Å². The van der Waals surface area contributed by atoms with Gasteiger partial charge in [-0.25, -0.2) is 4.79 Å². The van der Waals surface area contributed by atoms with Gasteiger partial charge >= 0.3 is 5.97 Å². The minimum absolute atomic E-state index is 0.0636. The van der Waals surface area contributed by atoms with Gasteiger partial charge in [-0.15, -0.1) is 0 Å². The number of ether oxygens (including phenoxy) is 1. The van der Waals surface area contributed by atoms with Gasteiger partial charge in [0.05, 0.1) is 29.8 Å². The molecule has 17 bridgehead atoms. The molecule has 3 aromatic carbocycles. The number of carbonyl (C=O) groups is 2. The van der Waals surface area contributed by atoms with Crippen LogP contribution in [0.5, 0.6) is 0 Å². The highest BCUT2D eigenvalue weighted by molar-refractivity contribution is 5.86. The number of fused-ring (bicyclic) bond motifs is 1. The van der Waals surface area contributed by atoms with E-state index in [-0.39, 0.29) is 78.8 Å². The Kier molecular flexibility index (Phi) is 13.6. The van der Waals surface area contributed by atoms with E-state index in [2.05, 4.69) is 72.6 Å². The molecule has 474 valence electrons. The molecule has 89 heavy (non-hydrogen) atoms. The molecule has 0 amide bonds. The molecule has 0 radical (unpaired) electrons. The van der Waals surface area contributed by atoms with Crippen LogP contribution in [0.1, 0.15) is 206 Å². The van der Waals surface area contributed by atoms with Crippen LogP contribution in [0.2, 0.25) is 0 Å². The summed E-state index contributed by atoms with van der Waals surface area (Å²) in [6, 6.07) is 22.7. The Morgan fingerprint density at radius 2 is 1.55 bits per heavy atom. The lowest BCUT2D eigenvalue weighted by Crippen LogP contribution is -2.86. The number of hydrogen-bond acceptors (Lipinski definition) is 10. The van der Waals surface area contributed by atoms with Crippen molar-refractivity contribution in [1.82, 2.24) is 5.32 Å². The molecule has 1 aliphatic heterocycles. The Bertz CT molecular complexity index is 3460. The van der Waals surface area contributed by atoms with Crippen molar-refractivity contribution in [3.05, 3.63) is 117 Å². The van der Waals surface area contributed by atoms with Gasteiger partial charge in [0, 0.05) is 57.6 Å². The number of carbonyl (C=O) groups excluding carboxylic acids is 2. The molecule has 10 fully saturated rings. The van der Waals surface area contributed by atoms with Crippen LogP contribution in [0.25, 0.3) is 0 Å². The number of likely N-dealkylation sites (N-methyl/N-ethyl adjacent to an activating group) is 1. The van der Waals surface area contributed by atoms with Gasteiger partial charge in [0.25, 0.3) is 0 Å². The van der Waals surface area contributed by atoms with E-state index >= 15 is 15.0 Å². The number of aryl methyl sites for hydroxylation is 1. The van der Waals surface area contributed by atoms with Crippen molar-refractivity contribution in [1.29, 1.82) is 0 Å². The van der Waals surface area contributed by atoms with E-state index in [9.17, 15) is 25.2 Å².